The largest absolute Gasteiger partial charge is 0.309 e. The molecule has 1 aromatic heterocycles. The fourth-order valence-electron chi connectivity index (χ4n) is 1.86. The molecule has 0 spiro atoms. The lowest BCUT2D eigenvalue weighted by molar-refractivity contribution is 0.434. The maximum absolute atomic E-state index is 3.62. The number of hydrogen-bond acceptors (Lipinski definition) is 2. The molecule has 1 nitrogen and oxygen atoms in total. The maximum atomic E-state index is 3.62. The number of thiophene rings is 1. The summed E-state index contributed by atoms with van der Waals surface area (Å²) in [4.78, 5) is 1.42. The molecule has 0 aliphatic heterocycles. The van der Waals surface area contributed by atoms with Crippen LogP contribution in [-0.4, -0.2) is 6.54 Å². The average molecular weight is 288 g/mol. The third-order valence-electron chi connectivity index (χ3n) is 3.19. The number of nitrogens with one attached hydrogen (secondary N) is 1. The highest BCUT2D eigenvalue weighted by Gasteiger charge is 2.27. The van der Waals surface area contributed by atoms with E-state index in [1.165, 1.54) is 21.5 Å². The van der Waals surface area contributed by atoms with Crippen molar-refractivity contribution >= 4 is 27.3 Å². The summed E-state index contributed by atoms with van der Waals surface area (Å²) in [7, 11) is 0. The van der Waals surface area contributed by atoms with E-state index in [2.05, 4.69) is 47.2 Å². The Labute approximate surface area is 104 Å². The van der Waals surface area contributed by atoms with Gasteiger partial charge in [-0.3, -0.25) is 0 Å². The molecule has 15 heavy (non-hydrogen) atoms. The van der Waals surface area contributed by atoms with Crippen molar-refractivity contribution in [3.63, 3.8) is 0 Å². The molecule has 1 heterocycles. The highest BCUT2D eigenvalue weighted by atomic mass is 79.9. The van der Waals surface area contributed by atoms with Gasteiger partial charge in [-0.1, -0.05) is 6.92 Å². The summed E-state index contributed by atoms with van der Waals surface area (Å²) in [5.41, 5.74) is 0. The van der Waals surface area contributed by atoms with Gasteiger partial charge in [-0.2, -0.15) is 0 Å². The quantitative estimate of drug-likeness (QED) is 0.856. The maximum Gasteiger partial charge on any atom is 0.0701 e. The van der Waals surface area contributed by atoms with Gasteiger partial charge >= 0.3 is 0 Å². The molecule has 0 radical (unpaired) electrons. The number of rotatable bonds is 5. The number of hydrogen-bond donors (Lipinski definition) is 1. The van der Waals surface area contributed by atoms with E-state index in [-0.39, 0.29) is 0 Å². The molecular formula is C12H18BrNS. The molecule has 84 valence electrons. The van der Waals surface area contributed by atoms with E-state index in [9.17, 15) is 0 Å². The Morgan fingerprint density at radius 2 is 2.20 bits per heavy atom. The van der Waals surface area contributed by atoms with Gasteiger partial charge in [0.05, 0.1) is 3.79 Å². The Morgan fingerprint density at radius 1 is 1.47 bits per heavy atom. The third-order valence-corrected chi connectivity index (χ3v) is 5.00. The number of halogens is 1. The molecule has 0 bridgehead atoms. The fourth-order valence-corrected chi connectivity index (χ4v) is 3.31. The molecule has 1 N–H and O–H groups in total. The van der Waals surface area contributed by atoms with Crippen LogP contribution in [0.4, 0.5) is 0 Å². The van der Waals surface area contributed by atoms with Crippen LogP contribution in [0.3, 0.4) is 0 Å². The van der Waals surface area contributed by atoms with Gasteiger partial charge in [-0.15, -0.1) is 11.3 Å². The molecule has 1 fully saturated rings. The van der Waals surface area contributed by atoms with Crippen LogP contribution in [0, 0.1) is 11.8 Å². The minimum atomic E-state index is 0.488. The van der Waals surface area contributed by atoms with E-state index in [0.29, 0.717) is 6.04 Å². The van der Waals surface area contributed by atoms with Crippen molar-refractivity contribution in [2.75, 3.05) is 6.54 Å². The van der Waals surface area contributed by atoms with Crippen LogP contribution in [0.25, 0.3) is 0 Å². The molecule has 1 aliphatic carbocycles. The zero-order valence-electron chi connectivity index (χ0n) is 9.29. The van der Waals surface area contributed by atoms with Crippen molar-refractivity contribution in [2.24, 2.45) is 11.8 Å². The first kappa shape index (κ1) is 11.6. The highest BCUT2D eigenvalue weighted by Crippen LogP contribution is 2.36. The van der Waals surface area contributed by atoms with Gasteiger partial charge in [0.15, 0.2) is 0 Å². The molecule has 1 aromatic rings. The minimum Gasteiger partial charge on any atom is -0.309 e. The van der Waals surface area contributed by atoms with E-state index in [1.54, 1.807) is 0 Å². The van der Waals surface area contributed by atoms with E-state index < -0.39 is 0 Å². The van der Waals surface area contributed by atoms with Crippen molar-refractivity contribution in [3.8, 4) is 0 Å². The first-order chi connectivity index (χ1) is 7.16. The molecule has 2 rings (SSSR count). The molecule has 1 saturated carbocycles. The first-order valence-corrected chi connectivity index (χ1v) is 7.26. The first-order valence-electron chi connectivity index (χ1n) is 5.65. The van der Waals surface area contributed by atoms with Gasteiger partial charge in [-0.05, 0) is 66.2 Å². The molecule has 2 atom stereocenters. The van der Waals surface area contributed by atoms with Crippen LogP contribution in [0.2, 0.25) is 0 Å². The fraction of sp³-hybridized carbons (Fsp3) is 0.667. The molecule has 2 unspecified atom stereocenters. The van der Waals surface area contributed by atoms with Crippen molar-refractivity contribution in [1.29, 1.82) is 0 Å². The van der Waals surface area contributed by atoms with Gasteiger partial charge in [-0.25, -0.2) is 0 Å². The zero-order valence-corrected chi connectivity index (χ0v) is 11.7. The van der Waals surface area contributed by atoms with Crippen LogP contribution in [0.5, 0.6) is 0 Å². The topological polar surface area (TPSA) is 12.0 Å². The van der Waals surface area contributed by atoms with Gasteiger partial charge in [0.1, 0.15) is 0 Å². The normalized spacial score (nSPS) is 20.2. The molecular weight excluding hydrogens is 270 g/mol. The van der Waals surface area contributed by atoms with Crippen LogP contribution in [-0.2, 0) is 0 Å². The summed E-state index contributed by atoms with van der Waals surface area (Å²) in [6.07, 6.45) is 2.89. The lowest BCUT2D eigenvalue weighted by Gasteiger charge is -2.16. The van der Waals surface area contributed by atoms with E-state index in [1.807, 2.05) is 11.3 Å². The Bertz CT molecular complexity index is 319. The van der Waals surface area contributed by atoms with E-state index in [0.717, 1.165) is 18.4 Å². The summed E-state index contributed by atoms with van der Waals surface area (Å²) >= 11 is 5.33. The predicted molar refractivity (Wildman–Crippen MR) is 70.3 cm³/mol. The lowest BCUT2D eigenvalue weighted by atomic mass is 10.1. The molecule has 1 aliphatic rings. The molecule has 0 aromatic carbocycles. The van der Waals surface area contributed by atoms with E-state index >= 15 is 0 Å². The Balaban J connectivity index is 1.78. The molecule has 0 saturated heterocycles. The Hall–Kier alpha value is 0.140. The summed E-state index contributed by atoms with van der Waals surface area (Å²) < 4.78 is 1.22. The monoisotopic (exact) mass is 287 g/mol. The van der Waals surface area contributed by atoms with Gasteiger partial charge in [0, 0.05) is 10.9 Å². The van der Waals surface area contributed by atoms with Gasteiger partial charge in [0.2, 0.25) is 0 Å². The standard InChI is InChI=1S/C12H18BrNS/c1-8(10-3-4-10)7-14-9(2)11-5-6-12(13)15-11/h5-6,8-10,14H,3-4,7H2,1-2H3. The van der Waals surface area contributed by atoms with Crippen LogP contribution < -0.4 is 5.32 Å². The van der Waals surface area contributed by atoms with Crippen LogP contribution in [0.1, 0.15) is 37.6 Å². The van der Waals surface area contributed by atoms with Crippen molar-refractivity contribution in [2.45, 2.75) is 32.7 Å². The van der Waals surface area contributed by atoms with Crippen molar-refractivity contribution in [1.82, 2.24) is 5.32 Å². The Morgan fingerprint density at radius 3 is 2.73 bits per heavy atom. The summed E-state index contributed by atoms with van der Waals surface area (Å²) in [5, 5.41) is 3.62. The SMILES string of the molecule is CC(NCC(C)C1CC1)c1ccc(Br)s1. The lowest BCUT2D eigenvalue weighted by Crippen LogP contribution is -2.24. The Kier molecular flexibility index (Phi) is 3.86. The van der Waals surface area contributed by atoms with Crippen molar-refractivity contribution < 1.29 is 0 Å². The second-order valence-electron chi connectivity index (χ2n) is 4.59. The summed E-state index contributed by atoms with van der Waals surface area (Å²) in [5.74, 6) is 1.84. The van der Waals surface area contributed by atoms with Gasteiger partial charge < -0.3 is 5.32 Å². The van der Waals surface area contributed by atoms with Crippen LogP contribution >= 0.6 is 27.3 Å². The second kappa shape index (κ2) is 4.98. The predicted octanol–water partition coefficient (Wildman–Crippen LogP) is 4.21. The van der Waals surface area contributed by atoms with Crippen LogP contribution in [0.15, 0.2) is 15.9 Å². The minimum absolute atomic E-state index is 0.488. The van der Waals surface area contributed by atoms with E-state index in [4.69, 9.17) is 0 Å². The molecule has 3 heteroatoms. The zero-order chi connectivity index (χ0) is 10.8. The summed E-state index contributed by atoms with van der Waals surface area (Å²) in [6.45, 7) is 5.76. The van der Waals surface area contributed by atoms with Crippen molar-refractivity contribution in [3.05, 3.63) is 20.8 Å². The highest BCUT2D eigenvalue weighted by molar-refractivity contribution is 9.11. The average Bonchev–Trinajstić information content (AvgIpc) is 2.97. The smallest absolute Gasteiger partial charge is 0.0701 e. The molecule has 0 amide bonds. The second-order valence-corrected chi connectivity index (χ2v) is 7.08. The van der Waals surface area contributed by atoms with Gasteiger partial charge in [0.25, 0.3) is 0 Å². The third kappa shape index (κ3) is 3.30. The summed E-state index contributed by atoms with van der Waals surface area (Å²) in [6, 6.07) is 4.82.